The second kappa shape index (κ2) is 29.9. The van der Waals surface area contributed by atoms with Crippen molar-refractivity contribution in [3.8, 4) is 5.75 Å². The molecule has 69 heavy (non-hydrogen) atoms. The zero-order valence-electron chi connectivity index (χ0n) is 38.3. The number of phenols is 1. The molecule has 0 aliphatic carbocycles. The van der Waals surface area contributed by atoms with Gasteiger partial charge in [0.2, 0.25) is 17.7 Å². The number of hydrogen-bond acceptors (Lipinski definition) is 17. The van der Waals surface area contributed by atoms with E-state index < -0.39 is 86.0 Å². The van der Waals surface area contributed by atoms with Crippen LogP contribution in [0.5, 0.6) is 5.75 Å². The van der Waals surface area contributed by atoms with Crippen LogP contribution in [0.15, 0.2) is 53.5 Å². The number of aliphatic carboxylic acids is 3. The van der Waals surface area contributed by atoms with Crippen molar-refractivity contribution in [2.75, 3.05) is 83.9 Å². The Morgan fingerprint density at radius 3 is 2.01 bits per heavy atom. The van der Waals surface area contributed by atoms with Gasteiger partial charge >= 0.3 is 19.8 Å². The maximum Gasteiger partial charge on any atom is 3.00 e. The van der Waals surface area contributed by atoms with Gasteiger partial charge in [-0.2, -0.15) is 0 Å². The molecule has 0 radical (unpaired) electrons. The maximum absolute atomic E-state index is 13.7. The van der Waals surface area contributed by atoms with Gasteiger partial charge in [0.15, 0.2) is 16.9 Å². The summed E-state index contributed by atoms with van der Waals surface area (Å²) in [7, 11) is 0. The molecule has 0 spiro atoms. The Hall–Kier alpha value is -5.83. The predicted octanol–water partition coefficient (Wildman–Crippen LogP) is -6.53. The second-order valence-electron chi connectivity index (χ2n) is 16.6. The number of rotatable bonds is 20. The fourth-order valence-corrected chi connectivity index (χ4v) is 8.03. The third-order valence-corrected chi connectivity index (χ3v) is 11.5. The van der Waals surface area contributed by atoms with E-state index in [-0.39, 0.29) is 102 Å². The number of carboxylic acids is 3. The van der Waals surface area contributed by atoms with Crippen LogP contribution in [-0.2, 0) is 46.4 Å². The number of nitrogens with zero attached hydrogens (tertiary/aromatic N) is 4. The van der Waals surface area contributed by atoms with Gasteiger partial charge < -0.3 is 72.9 Å². The Labute approximate surface area is 418 Å². The van der Waals surface area contributed by atoms with Crippen LogP contribution in [-0.4, -0.2) is 195 Å². The van der Waals surface area contributed by atoms with Crippen molar-refractivity contribution >= 4 is 90.2 Å². The van der Waals surface area contributed by atoms with Crippen LogP contribution in [0.3, 0.4) is 0 Å². The molecule has 4 atom stereocenters. The van der Waals surface area contributed by atoms with Gasteiger partial charge in [-0.1, -0.05) is 24.3 Å². The van der Waals surface area contributed by atoms with Gasteiger partial charge in [-0.05, 0) is 86.1 Å². The van der Waals surface area contributed by atoms with Crippen molar-refractivity contribution in [2.45, 2.75) is 69.1 Å². The smallest absolute Gasteiger partial charge is 0.549 e. The number of Topliss-reactive ketones (excluding diaryl/α,β-unsaturated/α-hetero) is 1. The average molecular weight is 1040 g/mol. The van der Waals surface area contributed by atoms with Crippen LogP contribution >= 0.6 is 12.2 Å². The first-order chi connectivity index (χ1) is 32.4. The molecule has 11 N–H and O–H groups in total. The molecule has 0 aromatic heterocycles. The average Bonchev–Trinajstić information content (AvgIpc) is 3.34. The number of nitrogens with one attached hydrogen (secondary N) is 6. The molecule has 2 fully saturated rings. The zero-order valence-corrected chi connectivity index (χ0v) is 41.6. The van der Waals surface area contributed by atoms with Crippen molar-refractivity contribution in [3.05, 3.63) is 59.7 Å². The molecule has 2 saturated heterocycles. The standard InChI is InChI=1S/C44H64N12O11S.Ga/c45-43(46)47-15-3-5-34-41(66)50-23-37(59)52-35(21-29-8-12-32(57)13-9-29)42(67)53-33(36(58)22-49-34)4-1-2-14-48-44(68)51-30-10-6-28(7-11-30)20-31-24-55(26-39(62)63)17-16-54(25-38(60)61)18-19-56(31)27-40(64)65;/h6-13,31,33-35,49,57H,1-5,14-27H2,(H,50,66)(H,52,59)(H,53,67)(H,60,61)(H,62,63)(H,64,65)(H4,45,46,47)(H2,48,51,68);/q;+3/p-3/t31-,33-,34+,35+;/m0./s1/i;1-1. The van der Waals surface area contributed by atoms with Gasteiger partial charge in [-0.15, -0.1) is 0 Å². The van der Waals surface area contributed by atoms with E-state index in [0.29, 0.717) is 48.6 Å². The molecule has 25 heteroatoms. The number of carboxylic acid groups (broad SMARTS) is 3. The SMILES string of the molecule is NC(N)=NCCC[C@H]1NCC(=O)[C@H](CCCCNC(=S)Nc2ccc(C[C@H]3CN(CC(=O)[O-])CCN(CC(=O)[O-])CCN3CC(=O)[O-])cc2)NC(=O)[C@@H](Cc2ccc(O)cc2)NC(=O)CNC1=O.[69Ga+3]. The molecule has 3 amide bonds. The minimum absolute atomic E-state index is 0. The monoisotopic (exact) mass is 1030 g/mol. The Morgan fingerprint density at radius 1 is 0.739 bits per heavy atom. The van der Waals surface area contributed by atoms with Crippen LogP contribution in [0.4, 0.5) is 5.69 Å². The number of hydrogen-bond donors (Lipinski definition) is 9. The Kier molecular flexibility index (Phi) is 24.9. The molecule has 4 rings (SSSR count). The van der Waals surface area contributed by atoms with E-state index in [2.05, 4.69) is 36.9 Å². The van der Waals surface area contributed by atoms with Gasteiger partial charge in [0, 0.05) is 83.6 Å². The van der Waals surface area contributed by atoms with E-state index in [1.54, 1.807) is 39.0 Å². The number of carbonyl (C=O) groups is 7. The Morgan fingerprint density at radius 2 is 1.35 bits per heavy atom. The van der Waals surface area contributed by atoms with E-state index in [9.17, 15) is 54.0 Å². The summed E-state index contributed by atoms with van der Waals surface area (Å²) in [6.45, 7) is -0.273. The molecule has 0 unspecified atom stereocenters. The molecule has 372 valence electrons. The Bertz CT molecular complexity index is 2080. The third-order valence-electron chi connectivity index (χ3n) is 11.3. The van der Waals surface area contributed by atoms with E-state index in [0.717, 1.165) is 5.56 Å². The third kappa shape index (κ3) is 22.0. The number of thiocarbonyl (C=S) groups is 1. The quantitative estimate of drug-likeness (QED) is 0.0196. The first-order valence-electron chi connectivity index (χ1n) is 22.3. The van der Waals surface area contributed by atoms with Crippen molar-refractivity contribution in [1.29, 1.82) is 0 Å². The first-order valence-corrected chi connectivity index (χ1v) is 22.7. The summed E-state index contributed by atoms with van der Waals surface area (Å²) in [5.41, 5.74) is 12.9. The fraction of sp³-hybridized carbons (Fsp3) is 0.523. The number of anilines is 1. The number of aromatic hydroxyl groups is 1. The minimum atomic E-state index is -1.33. The summed E-state index contributed by atoms with van der Waals surface area (Å²) in [6, 6.07) is 9.91. The van der Waals surface area contributed by atoms with Crippen LogP contribution in [0.25, 0.3) is 0 Å². The largest absolute Gasteiger partial charge is 3.00 e. The first kappa shape index (κ1) is 57.5. The number of unbranched alkanes of at least 4 members (excludes halogenated alkanes) is 1. The summed E-state index contributed by atoms with van der Waals surface area (Å²) in [5, 5.41) is 62.0. The van der Waals surface area contributed by atoms with Gasteiger partial charge in [-0.3, -0.25) is 44.2 Å². The number of carbonyl (C=O) groups excluding carboxylic acids is 7. The van der Waals surface area contributed by atoms with Crippen LogP contribution in [0, 0.1) is 0 Å². The predicted molar refractivity (Wildman–Crippen MR) is 253 cm³/mol. The number of amides is 3. The van der Waals surface area contributed by atoms with E-state index in [4.69, 9.17) is 23.7 Å². The number of ketones is 1. The van der Waals surface area contributed by atoms with Gasteiger partial charge in [-0.25, -0.2) is 0 Å². The van der Waals surface area contributed by atoms with Crippen molar-refractivity contribution in [1.82, 2.24) is 41.3 Å². The molecule has 2 aliphatic rings. The van der Waals surface area contributed by atoms with Gasteiger partial charge in [0.1, 0.15) is 11.8 Å². The molecular weight excluding hydrogens is 974 g/mol. The molecule has 23 nitrogen and oxygen atoms in total. The fourth-order valence-electron chi connectivity index (χ4n) is 7.81. The summed E-state index contributed by atoms with van der Waals surface area (Å²) in [5.74, 6) is -6.16. The van der Waals surface area contributed by atoms with Crippen LogP contribution in [0.2, 0.25) is 0 Å². The minimum Gasteiger partial charge on any atom is -0.549 e. The van der Waals surface area contributed by atoms with Crippen molar-refractivity contribution in [2.24, 2.45) is 16.5 Å². The maximum atomic E-state index is 13.7. The molecule has 2 heterocycles. The number of guanidine groups is 1. The summed E-state index contributed by atoms with van der Waals surface area (Å²) >= 11 is 5.52. The number of benzene rings is 2. The van der Waals surface area contributed by atoms with Crippen LogP contribution in [0.1, 0.15) is 43.2 Å². The zero-order chi connectivity index (χ0) is 49.6. The van der Waals surface area contributed by atoms with E-state index >= 15 is 0 Å². The molecular formula is C44H61GaN12O11S. The van der Waals surface area contributed by atoms with E-state index in [1.165, 1.54) is 12.1 Å². The summed E-state index contributed by atoms with van der Waals surface area (Å²) in [6.07, 6.45) is 2.24. The second-order valence-corrected chi connectivity index (χ2v) is 17.1. The molecule has 2 aromatic rings. The molecule has 0 bridgehead atoms. The normalized spacial score (nSPS) is 20.3. The molecule has 2 aliphatic heterocycles. The summed E-state index contributed by atoms with van der Waals surface area (Å²) < 4.78 is 0. The summed E-state index contributed by atoms with van der Waals surface area (Å²) in [4.78, 5) is 97.0. The van der Waals surface area contributed by atoms with Crippen molar-refractivity contribution in [3.63, 3.8) is 0 Å². The molecule has 0 saturated carbocycles. The number of aliphatic imine (C=N–C) groups is 1. The topological polar surface area (TPSA) is 355 Å². The van der Waals surface area contributed by atoms with Crippen molar-refractivity contribution < 1.29 is 54.0 Å². The molecule has 2 aromatic carbocycles. The van der Waals surface area contributed by atoms with Gasteiger partial charge in [0.05, 0.1) is 43.1 Å². The number of phenolic OH excluding ortho intramolecular Hbond substituents is 1. The van der Waals surface area contributed by atoms with Gasteiger partial charge in [0.25, 0.3) is 0 Å². The van der Waals surface area contributed by atoms with Crippen LogP contribution < -0.4 is 58.7 Å². The Balaban J connectivity index is 0.0000126. The van der Waals surface area contributed by atoms with E-state index in [1.807, 2.05) is 12.1 Å². The number of nitrogens with two attached hydrogens (primary N) is 2.